The first-order chi connectivity index (χ1) is 15.5. The summed E-state index contributed by atoms with van der Waals surface area (Å²) in [5.74, 6) is 0.516. The SMILES string of the molecule is Cc1ccccc1-n1nc(C)c(CCC(=O)Nc2ccccc2F)c1Oc1ccccc1. The standard InChI is InChI=1S/C26H24FN3O2/c1-18-10-6-9-15-24(18)30-26(32-20-11-4-3-5-12-20)21(19(2)29-30)16-17-25(31)28-23-14-8-7-13-22(23)27/h3-15H,16-17H2,1-2H3,(H,28,31). The molecule has 5 nitrogen and oxygen atoms in total. The number of hydrogen-bond donors (Lipinski definition) is 1. The molecule has 0 aliphatic rings. The third-order valence-electron chi connectivity index (χ3n) is 5.19. The molecule has 4 rings (SSSR count). The second-order valence-corrected chi connectivity index (χ2v) is 7.51. The van der Waals surface area contributed by atoms with Crippen LogP contribution >= 0.6 is 0 Å². The number of anilines is 1. The van der Waals surface area contributed by atoms with Crippen LogP contribution in [0.1, 0.15) is 23.2 Å². The van der Waals surface area contributed by atoms with E-state index in [1.165, 1.54) is 6.07 Å². The van der Waals surface area contributed by atoms with Crippen molar-refractivity contribution in [2.24, 2.45) is 0 Å². The second kappa shape index (κ2) is 9.47. The van der Waals surface area contributed by atoms with Crippen LogP contribution in [0.15, 0.2) is 78.9 Å². The summed E-state index contributed by atoms with van der Waals surface area (Å²) in [6, 6.07) is 23.5. The molecule has 0 saturated carbocycles. The lowest BCUT2D eigenvalue weighted by Crippen LogP contribution is -2.13. The Morgan fingerprint density at radius 1 is 0.969 bits per heavy atom. The molecule has 4 aromatic rings. The molecular weight excluding hydrogens is 405 g/mol. The average Bonchev–Trinajstić information content (AvgIpc) is 3.09. The summed E-state index contributed by atoms with van der Waals surface area (Å²) >= 11 is 0. The summed E-state index contributed by atoms with van der Waals surface area (Å²) in [6.45, 7) is 3.91. The Morgan fingerprint density at radius 3 is 2.41 bits per heavy atom. The Balaban J connectivity index is 1.63. The number of para-hydroxylation sites is 3. The van der Waals surface area contributed by atoms with Gasteiger partial charge in [-0.15, -0.1) is 0 Å². The molecule has 0 spiro atoms. The molecule has 1 aromatic heterocycles. The summed E-state index contributed by atoms with van der Waals surface area (Å²) in [7, 11) is 0. The maximum absolute atomic E-state index is 13.9. The van der Waals surface area contributed by atoms with E-state index in [1.807, 2.05) is 68.4 Å². The van der Waals surface area contributed by atoms with E-state index >= 15 is 0 Å². The zero-order chi connectivity index (χ0) is 22.5. The Kier molecular flexibility index (Phi) is 6.31. The fraction of sp³-hybridized carbons (Fsp3) is 0.154. The van der Waals surface area contributed by atoms with Crippen LogP contribution in [0.3, 0.4) is 0 Å². The van der Waals surface area contributed by atoms with E-state index in [0.29, 0.717) is 18.1 Å². The Morgan fingerprint density at radius 2 is 1.66 bits per heavy atom. The van der Waals surface area contributed by atoms with E-state index in [0.717, 1.165) is 22.5 Å². The zero-order valence-electron chi connectivity index (χ0n) is 18.0. The number of aromatic nitrogens is 2. The number of ether oxygens (including phenoxy) is 1. The van der Waals surface area contributed by atoms with Gasteiger partial charge >= 0.3 is 0 Å². The van der Waals surface area contributed by atoms with Crippen LogP contribution in [-0.2, 0) is 11.2 Å². The number of amides is 1. The molecule has 1 amide bonds. The maximum Gasteiger partial charge on any atom is 0.226 e. The molecule has 0 unspecified atom stereocenters. The number of hydrogen-bond acceptors (Lipinski definition) is 3. The highest BCUT2D eigenvalue weighted by atomic mass is 19.1. The second-order valence-electron chi connectivity index (χ2n) is 7.51. The molecule has 0 aliphatic heterocycles. The van der Waals surface area contributed by atoms with Crippen molar-refractivity contribution in [3.63, 3.8) is 0 Å². The predicted molar refractivity (Wildman–Crippen MR) is 123 cm³/mol. The number of halogens is 1. The normalized spacial score (nSPS) is 10.7. The lowest BCUT2D eigenvalue weighted by Gasteiger charge is -2.13. The van der Waals surface area contributed by atoms with Gasteiger partial charge in [0.15, 0.2) is 0 Å². The highest BCUT2D eigenvalue weighted by Gasteiger charge is 2.21. The van der Waals surface area contributed by atoms with E-state index in [9.17, 15) is 9.18 Å². The van der Waals surface area contributed by atoms with Crippen LogP contribution in [0.5, 0.6) is 11.6 Å². The van der Waals surface area contributed by atoms with Crippen molar-refractivity contribution in [3.05, 3.63) is 102 Å². The van der Waals surface area contributed by atoms with Gasteiger partial charge in [-0.05, 0) is 56.2 Å². The van der Waals surface area contributed by atoms with Crippen molar-refractivity contribution in [2.45, 2.75) is 26.7 Å². The third kappa shape index (κ3) is 4.70. The number of carbonyl (C=O) groups excluding carboxylic acids is 1. The van der Waals surface area contributed by atoms with E-state index in [2.05, 4.69) is 5.32 Å². The first kappa shape index (κ1) is 21.3. The van der Waals surface area contributed by atoms with E-state index in [4.69, 9.17) is 9.84 Å². The van der Waals surface area contributed by atoms with Gasteiger partial charge in [0, 0.05) is 12.0 Å². The van der Waals surface area contributed by atoms with Gasteiger partial charge in [-0.1, -0.05) is 48.5 Å². The van der Waals surface area contributed by atoms with E-state index < -0.39 is 5.82 Å². The molecule has 0 saturated heterocycles. The Hall–Kier alpha value is -3.93. The molecule has 1 heterocycles. The molecule has 1 N–H and O–H groups in total. The minimum absolute atomic E-state index is 0.166. The summed E-state index contributed by atoms with van der Waals surface area (Å²) in [6.07, 6.45) is 0.569. The molecule has 0 bridgehead atoms. The first-order valence-electron chi connectivity index (χ1n) is 10.4. The molecule has 3 aromatic carbocycles. The van der Waals surface area contributed by atoms with Crippen LogP contribution < -0.4 is 10.1 Å². The third-order valence-corrected chi connectivity index (χ3v) is 5.19. The molecule has 0 aliphatic carbocycles. The molecular formula is C26H24FN3O2. The van der Waals surface area contributed by atoms with Gasteiger partial charge in [0.05, 0.1) is 17.1 Å². The number of nitrogens with zero attached hydrogens (tertiary/aromatic N) is 2. The van der Waals surface area contributed by atoms with Gasteiger partial charge in [0.25, 0.3) is 0 Å². The monoisotopic (exact) mass is 429 g/mol. The highest BCUT2D eigenvalue weighted by molar-refractivity contribution is 5.91. The van der Waals surface area contributed by atoms with Gasteiger partial charge in [0.1, 0.15) is 11.6 Å². The highest BCUT2D eigenvalue weighted by Crippen LogP contribution is 2.32. The van der Waals surface area contributed by atoms with Gasteiger partial charge in [0.2, 0.25) is 11.8 Å². The topological polar surface area (TPSA) is 56.2 Å². The molecule has 162 valence electrons. The quantitative estimate of drug-likeness (QED) is 0.392. The van der Waals surface area contributed by atoms with E-state index in [1.54, 1.807) is 22.9 Å². The van der Waals surface area contributed by atoms with Crippen LogP contribution in [-0.4, -0.2) is 15.7 Å². The lowest BCUT2D eigenvalue weighted by molar-refractivity contribution is -0.116. The van der Waals surface area contributed by atoms with Crippen molar-refractivity contribution in [2.75, 3.05) is 5.32 Å². The first-order valence-corrected chi connectivity index (χ1v) is 10.4. The summed E-state index contributed by atoms with van der Waals surface area (Å²) in [5.41, 5.74) is 3.74. The van der Waals surface area contributed by atoms with Crippen molar-refractivity contribution in [1.29, 1.82) is 0 Å². The fourth-order valence-corrected chi connectivity index (χ4v) is 3.51. The van der Waals surface area contributed by atoms with Gasteiger partial charge < -0.3 is 10.1 Å². The predicted octanol–water partition coefficient (Wildman–Crippen LogP) is 5.99. The van der Waals surface area contributed by atoms with Crippen LogP contribution in [0, 0.1) is 19.7 Å². The van der Waals surface area contributed by atoms with Crippen molar-refractivity contribution in [3.8, 4) is 17.3 Å². The summed E-state index contributed by atoms with van der Waals surface area (Å²) in [5, 5.41) is 7.35. The molecule has 0 atom stereocenters. The van der Waals surface area contributed by atoms with Crippen LogP contribution in [0.2, 0.25) is 0 Å². The molecule has 0 radical (unpaired) electrons. The fourth-order valence-electron chi connectivity index (χ4n) is 3.51. The Labute approximate surface area is 186 Å². The minimum atomic E-state index is -0.461. The van der Waals surface area contributed by atoms with Gasteiger partial charge in [-0.2, -0.15) is 9.78 Å². The Bertz CT molecular complexity index is 1240. The number of nitrogens with one attached hydrogen (secondary N) is 1. The zero-order valence-corrected chi connectivity index (χ0v) is 18.0. The molecule has 0 fully saturated rings. The minimum Gasteiger partial charge on any atom is -0.439 e. The van der Waals surface area contributed by atoms with Crippen molar-refractivity contribution < 1.29 is 13.9 Å². The van der Waals surface area contributed by atoms with Gasteiger partial charge in [-0.3, -0.25) is 4.79 Å². The largest absolute Gasteiger partial charge is 0.439 e. The smallest absolute Gasteiger partial charge is 0.226 e. The van der Waals surface area contributed by atoms with Gasteiger partial charge in [-0.25, -0.2) is 4.39 Å². The number of carbonyl (C=O) groups is 1. The summed E-state index contributed by atoms with van der Waals surface area (Å²) in [4.78, 5) is 12.5. The van der Waals surface area contributed by atoms with Crippen molar-refractivity contribution in [1.82, 2.24) is 9.78 Å². The lowest BCUT2D eigenvalue weighted by atomic mass is 10.1. The van der Waals surface area contributed by atoms with Crippen molar-refractivity contribution >= 4 is 11.6 Å². The number of benzene rings is 3. The number of rotatable bonds is 7. The van der Waals surface area contributed by atoms with Crippen LogP contribution in [0.25, 0.3) is 5.69 Å². The number of aryl methyl sites for hydroxylation is 2. The molecule has 6 heteroatoms. The maximum atomic E-state index is 13.9. The van der Waals surface area contributed by atoms with E-state index in [-0.39, 0.29) is 18.0 Å². The summed E-state index contributed by atoms with van der Waals surface area (Å²) < 4.78 is 21.9. The van der Waals surface area contributed by atoms with Crippen LogP contribution in [0.4, 0.5) is 10.1 Å². The average molecular weight is 429 g/mol. The molecule has 32 heavy (non-hydrogen) atoms.